The number of amides is 2. The molecule has 1 aromatic carbocycles. The van der Waals surface area contributed by atoms with Crippen LogP contribution in [-0.4, -0.2) is 44.5 Å². The maximum Gasteiger partial charge on any atom is 0.227 e. The third-order valence-corrected chi connectivity index (χ3v) is 4.62. The zero-order valence-corrected chi connectivity index (χ0v) is 19.5. The van der Waals surface area contributed by atoms with E-state index in [0.717, 1.165) is 30.8 Å². The van der Waals surface area contributed by atoms with Gasteiger partial charge in [-0.05, 0) is 44.9 Å². The summed E-state index contributed by atoms with van der Waals surface area (Å²) in [6, 6.07) is 7.96. The number of halogens is 1. The Labute approximate surface area is 184 Å². The molecule has 0 atom stereocenters. The Morgan fingerprint density at radius 3 is 2.43 bits per heavy atom. The minimum atomic E-state index is -0.533. The molecule has 0 bridgehead atoms. The second-order valence-corrected chi connectivity index (χ2v) is 7.33. The summed E-state index contributed by atoms with van der Waals surface area (Å²) in [5.74, 6) is 0.851. The SMILES string of the molecule is CCNC(=NCc1ccc(N2CCCC2=O)cc1)NCC(C)(C)C(=O)NC.I. The molecule has 2 amide bonds. The van der Waals surface area contributed by atoms with Crippen LogP contribution >= 0.6 is 24.0 Å². The van der Waals surface area contributed by atoms with Gasteiger partial charge < -0.3 is 20.9 Å². The third kappa shape index (κ3) is 6.65. The topological polar surface area (TPSA) is 85.8 Å². The van der Waals surface area contributed by atoms with E-state index in [1.807, 2.05) is 49.9 Å². The molecule has 0 aromatic heterocycles. The highest BCUT2D eigenvalue weighted by Crippen LogP contribution is 2.21. The van der Waals surface area contributed by atoms with Gasteiger partial charge in [-0.2, -0.15) is 0 Å². The number of anilines is 1. The molecular formula is C20H32IN5O2. The van der Waals surface area contributed by atoms with Gasteiger partial charge >= 0.3 is 0 Å². The van der Waals surface area contributed by atoms with E-state index in [4.69, 9.17) is 0 Å². The average Bonchev–Trinajstić information content (AvgIpc) is 3.09. The Kier molecular flexibility index (Phi) is 9.71. The number of carbonyl (C=O) groups is 2. The van der Waals surface area contributed by atoms with E-state index in [1.165, 1.54) is 0 Å². The molecule has 1 heterocycles. The summed E-state index contributed by atoms with van der Waals surface area (Å²) < 4.78 is 0. The van der Waals surface area contributed by atoms with Crippen molar-refractivity contribution in [2.24, 2.45) is 10.4 Å². The number of hydrogen-bond acceptors (Lipinski definition) is 3. The second kappa shape index (κ2) is 11.2. The van der Waals surface area contributed by atoms with Gasteiger partial charge in [-0.3, -0.25) is 9.59 Å². The Morgan fingerprint density at radius 1 is 1.21 bits per heavy atom. The number of nitrogens with zero attached hydrogens (tertiary/aromatic N) is 2. The van der Waals surface area contributed by atoms with E-state index >= 15 is 0 Å². The summed E-state index contributed by atoms with van der Waals surface area (Å²) in [5.41, 5.74) is 1.48. The predicted octanol–water partition coefficient (Wildman–Crippen LogP) is 2.26. The quantitative estimate of drug-likeness (QED) is 0.304. The summed E-state index contributed by atoms with van der Waals surface area (Å²) in [5, 5.41) is 9.12. The van der Waals surface area contributed by atoms with Gasteiger partial charge in [0.25, 0.3) is 0 Å². The van der Waals surface area contributed by atoms with Gasteiger partial charge in [0.15, 0.2) is 5.96 Å². The molecule has 0 aliphatic carbocycles. The fraction of sp³-hybridized carbons (Fsp3) is 0.550. The maximum absolute atomic E-state index is 11.9. The molecule has 3 N–H and O–H groups in total. The van der Waals surface area contributed by atoms with E-state index in [1.54, 1.807) is 7.05 Å². The summed E-state index contributed by atoms with van der Waals surface area (Å²) >= 11 is 0. The van der Waals surface area contributed by atoms with Crippen molar-refractivity contribution in [3.8, 4) is 0 Å². The van der Waals surface area contributed by atoms with E-state index in [0.29, 0.717) is 25.5 Å². The van der Waals surface area contributed by atoms with Crippen LogP contribution < -0.4 is 20.9 Å². The first kappa shape index (κ1) is 24.2. The fourth-order valence-corrected chi connectivity index (χ4v) is 2.94. The molecule has 1 aliphatic rings. The first-order valence-corrected chi connectivity index (χ1v) is 9.51. The summed E-state index contributed by atoms with van der Waals surface area (Å²) in [6.45, 7) is 8.32. The van der Waals surface area contributed by atoms with Crippen LogP contribution in [0.1, 0.15) is 39.2 Å². The van der Waals surface area contributed by atoms with Gasteiger partial charge in [0, 0.05) is 38.8 Å². The van der Waals surface area contributed by atoms with E-state index < -0.39 is 5.41 Å². The molecule has 1 aliphatic heterocycles. The number of aliphatic imine (C=N–C) groups is 1. The molecule has 28 heavy (non-hydrogen) atoms. The van der Waals surface area contributed by atoms with Gasteiger partial charge in [0.2, 0.25) is 11.8 Å². The number of guanidine groups is 1. The van der Waals surface area contributed by atoms with Crippen molar-refractivity contribution >= 4 is 47.4 Å². The molecule has 1 fully saturated rings. The Hall–Kier alpha value is -1.84. The molecule has 0 saturated carbocycles. The highest BCUT2D eigenvalue weighted by molar-refractivity contribution is 14.0. The van der Waals surface area contributed by atoms with Crippen LogP contribution in [0.25, 0.3) is 0 Å². The van der Waals surface area contributed by atoms with Crippen LogP contribution in [0.2, 0.25) is 0 Å². The maximum atomic E-state index is 11.9. The van der Waals surface area contributed by atoms with Crippen LogP contribution in [0.15, 0.2) is 29.3 Å². The Balaban J connectivity index is 0.00000392. The van der Waals surface area contributed by atoms with Crippen molar-refractivity contribution in [3.05, 3.63) is 29.8 Å². The van der Waals surface area contributed by atoms with Crippen LogP contribution in [0, 0.1) is 5.41 Å². The van der Waals surface area contributed by atoms with Crippen molar-refractivity contribution in [1.29, 1.82) is 0 Å². The van der Waals surface area contributed by atoms with E-state index in [2.05, 4.69) is 20.9 Å². The minimum Gasteiger partial charge on any atom is -0.359 e. The van der Waals surface area contributed by atoms with Gasteiger partial charge in [-0.15, -0.1) is 24.0 Å². The summed E-state index contributed by atoms with van der Waals surface area (Å²) in [6.07, 6.45) is 1.56. The Bertz CT molecular complexity index is 688. The van der Waals surface area contributed by atoms with Crippen LogP contribution in [0.3, 0.4) is 0 Å². The Morgan fingerprint density at radius 2 is 1.89 bits per heavy atom. The van der Waals surface area contributed by atoms with Crippen molar-refractivity contribution < 1.29 is 9.59 Å². The monoisotopic (exact) mass is 501 g/mol. The van der Waals surface area contributed by atoms with Crippen LogP contribution in [0.4, 0.5) is 5.69 Å². The zero-order valence-electron chi connectivity index (χ0n) is 17.2. The number of rotatable bonds is 7. The lowest BCUT2D eigenvalue weighted by molar-refractivity contribution is -0.128. The highest BCUT2D eigenvalue weighted by Gasteiger charge is 2.26. The highest BCUT2D eigenvalue weighted by atomic mass is 127. The van der Waals surface area contributed by atoms with Gasteiger partial charge in [0.05, 0.1) is 12.0 Å². The molecule has 7 nitrogen and oxygen atoms in total. The van der Waals surface area contributed by atoms with Crippen LogP contribution in [-0.2, 0) is 16.1 Å². The molecule has 2 rings (SSSR count). The van der Waals surface area contributed by atoms with E-state index in [9.17, 15) is 9.59 Å². The average molecular weight is 501 g/mol. The summed E-state index contributed by atoms with van der Waals surface area (Å²) in [7, 11) is 1.64. The molecule has 0 unspecified atom stereocenters. The third-order valence-electron chi connectivity index (χ3n) is 4.62. The molecule has 1 aromatic rings. The molecule has 0 spiro atoms. The number of carbonyl (C=O) groups excluding carboxylic acids is 2. The van der Waals surface area contributed by atoms with Crippen molar-refractivity contribution in [1.82, 2.24) is 16.0 Å². The minimum absolute atomic E-state index is 0. The largest absolute Gasteiger partial charge is 0.359 e. The van der Waals surface area contributed by atoms with Gasteiger partial charge in [0.1, 0.15) is 0 Å². The van der Waals surface area contributed by atoms with E-state index in [-0.39, 0.29) is 35.8 Å². The molecule has 8 heteroatoms. The number of nitrogens with one attached hydrogen (secondary N) is 3. The second-order valence-electron chi connectivity index (χ2n) is 7.33. The van der Waals surface area contributed by atoms with Crippen LogP contribution in [0.5, 0.6) is 0 Å². The summed E-state index contributed by atoms with van der Waals surface area (Å²) in [4.78, 5) is 30.2. The fourth-order valence-electron chi connectivity index (χ4n) is 2.94. The zero-order chi connectivity index (χ0) is 19.9. The first-order chi connectivity index (χ1) is 12.9. The van der Waals surface area contributed by atoms with Crippen molar-refractivity contribution in [3.63, 3.8) is 0 Å². The lowest BCUT2D eigenvalue weighted by atomic mass is 9.92. The van der Waals surface area contributed by atoms with Gasteiger partial charge in [-0.1, -0.05) is 12.1 Å². The molecular weight excluding hydrogens is 469 g/mol. The lowest BCUT2D eigenvalue weighted by Crippen LogP contribution is -2.47. The standard InChI is InChI=1S/C20H31N5O2.HI/c1-5-22-19(24-14-20(2,3)18(27)21-4)23-13-15-8-10-16(11-9-15)25-12-6-7-17(25)26;/h8-11H,5-7,12-14H2,1-4H3,(H,21,27)(H2,22,23,24);1H. The first-order valence-electron chi connectivity index (χ1n) is 9.51. The van der Waals surface area contributed by atoms with Gasteiger partial charge in [-0.25, -0.2) is 4.99 Å². The number of benzene rings is 1. The van der Waals surface area contributed by atoms with Crippen molar-refractivity contribution in [2.45, 2.75) is 40.2 Å². The molecule has 1 saturated heterocycles. The lowest BCUT2D eigenvalue weighted by Gasteiger charge is -2.24. The van der Waals surface area contributed by atoms with Crippen molar-refractivity contribution in [2.75, 3.05) is 31.6 Å². The number of hydrogen-bond donors (Lipinski definition) is 3. The normalized spacial score (nSPS) is 14.5. The predicted molar refractivity (Wildman–Crippen MR) is 124 cm³/mol. The molecule has 0 radical (unpaired) electrons. The smallest absolute Gasteiger partial charge is 0.227 e. The molecule has 156 valence electrons.